The van der Waals surface area contributed by atoms with Gasteiger partial charge in [-0.25, -0.2) is 0 Å². The first kappa shape index (κ1) is 22.2. The van der Waals surface area contributed by atoms with E-state index in [9.17, 15) is 9.90 Å². The van der Waals surface area contributed by atoms with E-state index < -0.39 is 0 Å². The van der Waals surface area contributed by atoms with Gasteiger partial charge in [0.2, 0.25) is 5.89 Å². The summed E-state index contributed by atoms with van der Waals surface area (Å²) in [6, 6.07) is 19.2. The molecule has 0 aliphatic rings. The van der Waals surface area contributed by atoms with Gasteiger partial charge in [-0.1, -0.05) is 71.4 Å². The molecule has 3 aromatic carbocycles. The van der Waals surface area contributed by atoms with Gasteiger partial charge in [0.15, 0.2) is 5.78 Å². The number of benzene rings is 3. The van der Waals surface area contributed by atoms with Gasteiger partial charge in [-0.2, -0.15) is 0 Å². The van der Waals surface area contributed by atoms with Crippen molar-refractivity contribution in [1.29, 1.82) is 0 Å². The van der Waals surface area contributed by atoms with E-state index in [-0.39, 0.29) is 17.3 Å². The molecule has 0 aliphatic heterocycles. The lowest BCUT2D eigenvalue weighted by molar-refractivity contribution is 0.102. The van der Waals surface area contributed by atoms with Crippen LogP contribution >= 0.6 is 35.0 Å². The molecule has 0 amide bonds. The Balaban J connectivity index is 1.43. The highest BCUT2D eigenvalue weighted by Crippen LogP contribution is 2.34. The zero-order valence-electron chi connectivity index (χ0n) is 16.6. The third-order valence-corrected chi connectivity index (χ3v) is 5.97. The maximum Gasteiger partial charge on any atom is 0.277 e. The van der Waals surface area contributed by atoms with Crippen molar-refractivity contribution in [3.05, 3.63) is 93.8 Å². The number of carbonyl (C=O) groups is 1. The Labute approximate surface area is 198 Å². The standard InChI is InChI=1S/C23H17Cl2N3O3S/c24-17-8-4-9-18(25)22(17)26-19-10-2-1-5-14(19)12-21-27-28-23(31-21)32-13-20(30)15-6-3-7-16(29)11-15/h1-11,26,29H,12-13H2. The minimum absolute atomic E-state index is 0.0475. The van der Waals surface area contributed by atoms with Gasteiger partial charge in [0.05, 0.1) is 27.9 Å². The third-order valence-electron chi connectivity index (χ3n) is 4.52. The molecule has 2 N–H and O–H groups in total. The lowest BCUT2D eigenvalue weighted by Crippen LogP contribution is -2.01. The second-order valence-corrected chi connectivity index (χ2v) is 8.52. The first-order valence-corrected chi connectivity index (χ1v) is 11.3. The topological polar surface area (TPSA) is 88.3 Å². The number of nitrogens with one attached hydrogen (secondary N) is 1. The Hall–Kier alpha value is -3.00. The molecule has 4 aromatic rings. The highest BCUT2D eigenvalue weighted by Gasteiger charge is 2.14. The number of aromatic nitrogens is 2. The summed E-state index contributed by atoms with van der Waals surface area (Å²) in [5.41, 5.74) is 2.78. The van der Waals surface area contributed by atoms with Gasteiger partial charge in [0.1, 0.15) is 5.75 Å². The summed E-state index contributed by atoms with van der Waals surface area (Å²) in [4.78, 5) is 12.3. The van der Waals surface area contributed by atoms with E-state index in [0.29, 0.717) is 38.8 Å². The zero-order chi connectivity index (χ0) is 22.5. The molecule has 32 heavy (non-hydrogen) atoms. The number of halogens is 2. The van der Waals surface area contributed by atoms with Crippen molar-refractivity contribution in [2.75, 3.05) is 11.1 Å². The van der Waals surface area contributed by atoms with Crippen LogP contribution in [0.1, 0.15) is 21.8 Å². The van der Waals surface area contributed by atoms with Crippen molar-refractivity contribution in [3.8, 4) is 5.75 Å². The molecule has 9 heteroatoms. The molecule has 0 saturated heterocycles. The van der Waals surface area contributed by atoms with Gasteiger partial charge in [-0.3, -0.25) is 4.79 Å². The van der Waals surface area contributed by atoms with Crippen molar-refractivity contribution >= 4 is 52.1 Å². The van der Waals surface area contributed by atoms with Crippen molar-refractivity contribution in [3.63, 3.8) is 0 Å². The number of phenols is 1. The monoisotopic (exact) mass is 485 g/mol. The fraction of sp³-hybridized carbons (Fsp3) is 0.0870. The van der Waals surface area contributed by atoms with Crippen molar-refractivity contribution in [2.45, 2.75) is 11.6 Å². The van der Waals surface area contributed by atoms with Crippen LogP contribution in [0.4, 0.5) is 11.4 Å². The Bertz CT molecular complexity index is 1240. The fourth-order valence-electron chi connectivity index (χ4n) is 2.97. The molecule has 0 saturated carbocycles. The van der Waals surface area contributed by atoms with Crippen molar-refractivity contribution in [1.82, 2.24) is 10.2 Å². The van der Waals surface area contributed by atoms with Gasteiger partial charge in [-0.15, -0.1) is 10.2 Å². The van der Waals surface area contributed by atoms with E-state index in [1.54, 1.807) is 30.3 Å². The molecule has 0 unspecified atom stereocenters. The molecule has 6 nitrogen and oxygen atoms in total. The van der Waals surface area contributed by atoms with E-state index in [2.05, 4.69) is 15.5 Å². The minimum atomic E-state index is -0.142. The molecule has 0 radical (unpaired) electrons. The molecule has 1 heterocycles. The van der Waals surface area contributed by atoms with E-state index in [4.69, 9.17) is 27.6 Å². The Morgan fingerprint density at radius 1 is 1.00 bits per heavy atom. The van der Waals surface area contributed by atoms with Crippen LogP contribution in [0.25, 0.3) is 0 Å². The number of phenolic OH excluding ortho intramolecular Hbond substituents is 1. The van der Waals surface area contributed by atoms with Crippen LogP contribution in [0.5, 0.6) is 5.75 Å². The normalized spacial score (nSPS) is 10.8. The number of anilines is 2. The summed E-state index contributed by atoms with van der Waals surface area (Å²) in [5.74, 6) is 0.439. The summed E-state index contributed by atoms with van der Waals surface area (Å²) >= 11 is 13.7. The van der Waals surface area contributed by atoms with Crippen LogP contribution in [0.2, 0.25) is 10.0 Å². The first-order valence-electron chi connectivity index (χ1n) is 9.56. The predicted octanol–water partition coefficient (Wildman–Crippen LogP) is 6.39. The highest BCUT2D eigenvalue weighted by atomic mass is 35.5. The van der Waals surface area contributed by atoms with Crippen LogP contribution in [0.3, 0.4) is 0 Å². The van der Waals surface area contributed by atoms with Crippen LogP contribution in [0, 0.1) is 0 Å². The van der Waals surface area contributed by atoms with Gasteiger partial charge in [0, 0.05) is 11.3 Å². The van der Waals surface area contributed by atoms with Gasteiger partial charge in [-0.05, 0) is 35.9 Å². The second kappa shape index (κ2) is 10.1. The number of hydrogen-bond donors (Lipinski definition) is 2. The van der Waals surface area contributed by atoms with E-state index in [1.165, 1.54) is 12.1 Å². The molecular formula is C23H17Cl2N3O3S. The highest BCUT2D eigenvalue weighted by molar-refractivity contribution is 7.99. The molecule has 0 bridgehead atoms. The van der Waals surface area contributed by atoms with Crippen LogP contribution in [-0.2, 0) is 6.42 Å². The van der Waals surface area contributed by atoms with E-state index in [0.717, 1.165) is 23.0 Å². The van der Waals surface area contributed by atoms with Crippen LogP contribution < -0.4 is 5.32 Å². The van der Waals surface area contributed by atoms with E-state index in [1.807, 2.05) is 24.3 Å². The SMILES string of the molecule is O=C(CSc1nnc(Cc2ccccc2Nc2c(Cl)cccc2Cl)o1)c1cccc(O)c1. The maximum atomic E-state index is 12.3. The number of thioether (sulfide) groups is 1. The molecule has 0 fully saturated rings. The average Bonchev–Trinajstić information content (AvgIpc) is 3.23. The molecule has 4 rings (SSSR count). The number of nitrogens with zero attached hydrogens (tertiary/aromatic N) is 2. The summed E-state index contributed by atoms with van der Waals surface area (Å²) < 4.78 is 5.71. The molecule has 0 atom stereocenters. The Morgan fingerprint density at radius 2 is 1.75 bits per heavy atom. The van der Waals surface area contributed by atoms with Crippen LogP contribution in [0.15, 0.2) is 76.4 Å². The lowest BCUT2D eigenvalue weighted by atomic mass is 10.1. The fourth-order valence-corrected chi connectivity index (χ4v) is 4.14. The van der Waals surface area contributed by atoms with Crippen LogP contribution in [-0.4, -0.2) is 26.8 Å². The Morgan fingerprint density at radius 3 is 2.53 bits per heavy atom. The number of rotatable bonds is 8. The third kappa shape index (κ3) is 5.43. The number of para-hydroxylation sites is 2. The predicted molar refractivity (Wildman–Crippen MR) is 126 cm³/mol. The molecule has 162 valence electrons. The molecular weight excluding hydrogens is 469 g/mol. The molecule has 0 spiro atoms. The van der Waals surface area contributed by atoms with E-state index >= 15 is 0 Å². The number of ketones is 1. The maximum absolute atomic E-state index is 12.3. The number of aromatic hydroxyl groups is 1. The van der Waals surface area contributed by atoms with Gasteiger partial charge >= 0.3 is 0 Å². The second-order valence-electron chi connectivity index (χ2n) is 6.78. The van der Waals surface area contributed by atoms with Gasteiger partial charge in [0.25, 0.3) is 5.22 Å². The number of hydrogen-bond acceptors (Lipinski definition) is 7. The summed E-state index contributed by atoms with van der Waals surface area (Å²) in [6.45, 7) is 0. The van der Waals surface area contributed by atoms with Gasteiger partial charge < -0.3 is 14.8 Å². The summed E-state index contributed by atoms with van der Waals surface area (Å²) in [6.07, 6.45) is 0.388. The smallest absolute Gasteiger partial charge is 0.277 e. The average molecular weight is 486 g/mol. The Kier molecular flexibility index (Phi) is 6.99. The zero-order valence-corrected chi connectivity index (χ0v) is 18.9. The quantitative estimate of drug-likeness (QED) is 0.220. The van der Waals surface area contributed by atoms with Crippen molar-refractivity contribution < 1.29 is 14.3 Å². The minimum Gasteiger partial charge on any atom is -0.508 e. The first-order chi connectivity index (χ1) is 15.5. The summed E-state index contributed by atoms with van der Waals surface area (Å²) in [7, 11) is 0. The summed E-state index contributed by atoms with van der Waals surface area (Å²) in [5, 5.41) is 22.2. The lowest BCUT2D eigenvalue weighted by Gasteiger charge is -2.13. The van der Waals surface area contributed by atoms with Crippen molar-refractivity contribution in [2.24, 2.45) is 0 Å². The number of carbonyl (C=O) groups excluding carboxylic acids is 1. The number of Topliss-reactive ketones (excluding diaryl/α,β-unsaturated/α-hetero) is 1. The molecule has 1 aromatic heterocycles. The largest absolute Gasteiger partial charge is 0.508 e. The molecule has 0 aliphatic carbocycles.